The topological polar surface area (TPSA) is 102 Å². The third-order valence-corrected chi connectivity index (χ3v) is 5.37. The normalized spacial score (nSPS) is 20.3. The molecule has 0 N–H and O–H groups in total. The van der Waals surface area contributed by atoms with E-state index in [1.54, 1.807) is 27.7 Å². The number of carbonyl (C=O) groups excluding carboxylic acids is 3. The highest BCUT2D eigenvalue weighted by atomic mass is 79.9. The number of benzene rings is 1. The molecular weight excluding hydrogens is 485 g/mol. The van der Waals surface area contributed by atoms with E-state index in [-0.39, 0.29) is 17.9 Å². The van der Waals surface area contributed by atoms with Crippen LogP contribution in [0.15, 0.2) is 41.0 Å². The molecule has 0 saturated carbocycles. The molecule has 1 fully saturated rings. The minimum atomic E-state index is -2.23. The van der Waals surface area contributed by atoms with Gasteiger partial charge in [0.2, 0.25) is 5.54 Å². The molecule has 2 aromatic rings. The number of amides is 2. The number of likely N-dealkylation sites (tertiary alicyclic amines) is 1. The van der Waals surface area contributed by atoms with E-state index in [1.165, 1.54) is 35.0 Å². The lowest BCUT2D eigenvalue weighted by Gasteiger charge is -2.53. The lowest BCUT2D eigenvalue weighted by molar-refractivity contribution is -0.188. The van der Waals surface area contributed by atoms with Crippen molar-refractivity contribution in [1.82, 2.24) is 9.47 Å². The minimum Gasteiger partial charge on any atom is -0.464 e. The Balaban J connectivity index is 2.34. The summed E-state index contributed by atoms with van der Waals surface area (Å²) in [5.41, 5.74) is -3.44. The van der Waals surface area contributed by atoms with Crippen LogP contribution in [0.4, 0.5) is 9.18 Å². The standard InChI is InChI=1S/C22H21BrFN3O5/c1-5-31-19(29)22(15-11-13(23)8-9-16(15)24)17(26-10-6-7-14(26)12-25)18(28)27(22)20(30)32-21(2,3)4/h6-11,17H,5H2,1-4H3/t17-,22-/m0/s1. The Morgan fingerprint density at radius 1 is 1.31 bits per heavy atom. The summed E-state index contributed by atoms with van der Waals surface area (Å²) in [7, 11) is 0. The molecule has 1 aliphatic rings. The predicted octanol–water partition coefficient (Wildman–Crippen LogP) is 4.04. The molecule has 0 aliphatic carbocycles. The van der Waals surface area contributed by atoms with E-state index in [9.17, 15) is 19.6 Å². The van der Waals surface area contributed by atoms with Crippen molar-refractivity contribution in [2.45, 2.75) is 44.9 Å². The second kappa shape index (κ2) is 8.39. The second-order valence-corrected chi connectivity index (χ2v) is 9.00. The van der Waals surface area contributed by atoms with Crippen LogP contribution in [0.5, 0.6) is 0 Å². The minimum absolute atomic E-state index is 0.0521. The molecule has 8 nitrogen and oxygen atoms in total. The van der Waals surface area contributed by atoms with E-state index < -0.39 is 41.0 Å². The Labute approximate surface area is 192 Å². The SMILES string of the molecule is CCOC(=O)[C@]1(c2cc(Br)ccc2F)[C@@H](n2cccc2C#N)C(=O)N1C(=O)OC(C)(C)C. The summed E-state index contributed by atoms with van der Waals surface area (Å²) in [4.78, 5) is 40.4. The number of imide groups is 1. The number of esters is 1. The van der Waals surface area contributed by atoms with Gasteiger partial charge in [-0.15, -0.1) is 0 Å². The van der Waals surface area contributed by atoms with Crippen LogP contribution in [-0.4, -0.2) is 39.6 Å². The van der Waals surface area contributed by atoms with E-state index in [0.29, 0.717) is 9.37 Å². The maximum Gasteiger partial charge on any atom is 0.418 e. The zero-order valence-electron chi connectivity index (χ0n) is 17.9. The second-order valence-electron chi connectivity index (χ2n) is 8.08. The zero-order valence-corrected chi connectivity index (χ0v) is 19.5. The number of ether oxygens (including phenoxy) is 2. The molecule has 1 saturated heterocycles. The van der Waals surface area contributed by atoms with E-state index in [1.807, 2.05) is 6.07 Å². The van der Waals surface area contributed by atoms with Gasteiger partial charge in [-0.05, 0) is 58.0 Å². The van der Waals surface area contributed by atoms with Gasteiger partial charge in [0.15, 0.2) is 6.04 Å². The molecule has 1 aromatic heterocycles. The fourth-order valence-electron chi connectivity index (χ4n) is 3.72. The molecule has 1 aromatic carbocycles. The first-order valence-corrected chi connectivity index (χ1v) is 10.5. The number of hydrogen-bond acceptors (Lipinski definition) is 6. The van der Waals surface area contributed by atoms with Crippen molar-refractivity contribution in [2.24, 2.45) is 0 Å². The number of aromatic nitrogens is 1. The third kappa shape index (κ3) is 3.66. The van der Waals surface area contributed by atoms with Gasteiger partial charge >= 0.3 is 12.1 Å². The summed E-state index contributed by atoms with van der Waals surface area (Å²) in [6.45, 7) is 6.25. The van der Waals surface area contributed by atoms with Crippen LogP contribution in [0, 0.1) is 17.1 Å². The molecule has 2 heterocycles. The van der Waals surface area contributed by atoms with Crippen LogP contribution in [0.2, 0.25) is 0 Å². The Kier molecular flexibility index (Phi) is 6.15. The van der Waals surface area contributed by atoms with E-state index in [2.05, 4.69) is 15.9 Å². The number of nitrogens with zero attached hydrogens (tertiary/aromatic N) is 3. The first kappa shape index (κ1) is 23.5. The number of carbonyl (C=O) groups is 3. The molecule has 2 atom stereocenters. The first-order chi connectivity index (χ1) is 15.0. The number of halogens is 2. The van der Waals surface area contributed by atoms with Crippen molar-refractivity contribution in [3.63, 3.8) is 0 Å². The molecule has 32 heavy (non-hydrogen) atoms. The van der Waals surface area contributed by atoms with Gasteiger partial charge in [0, 0.05) is 16.2 Å². The predicted molar refractivity (Wildman–Crippen MR) is 114 cm³/mol. The van der Waals surface area contributed by atoms with Gasteiger partial charge in [-0.1, -0.05) is 15.9 Å². The fraction of sp³-hybridized carbons (Fsp3) is 0.364. The van der Waals surface area contributed by atoms with Gasteiger partial charge in [0.1, 0.15) is 23.2 Å². The van der Waals surface area contributed by atoms with E-state index >= 15 is 4.39 Å². The van der Waals surface area contributed by atoms with Gasteiger partial charge in [-0.25, -0.2) is 18.9 Å². The molecule has 10 heteroatoms. The number of hydrogen-bond donors (Lipinski definition) is 0. The largest absolute Gasteiger partial charge is 0.464 e. The Morgan fingerprint density at radius 2 is 2.00 bits per heavy atom. The van der Waals surface area contributed by atoms with Crippen LogP contribution in [0.25, 0.3) is 0 Å². The van der Waals surface area contributed by atoms with Crippen LogP contribution >= 0.6 is 15.9 Å². The monoisotopic (exact) mass is 505 g/mol. The number of β-lactam (4-membered cyclic amide) rings is 1. The summed E-state index contributed by atoms with van der Waals surface area (Å²) in [6, 6.07) is 7.27. The molecule has 2 amide bonds. The molecule has 168 valence electrons. The van der Waals surface area contributed by atoms with Gasteiger partial charge in [-0.2, -0.15) is 5.26 Å². The Morgan fingerprint density at radius 3 is 2.59 bits per heavy atom. The Hall–Kier alpha value is -3.19. The highest BCUT2D eigenvalue weighted by Gasteiger charge is 2.72. The van der Waals surface area contributed by atoms with Crippen LogP contribution in [0.1, 0.15) is 45.0 Å². The average Bonchev–Trinajstić information content (AvgIpc) is 3.14. The maximum absolute atomic E-state index is 15.2. The van der Waals surface area contributed by atoms with E-state index in [0.717, 1.165) is 6.07 Å². The highest BCUT2D eigenvalue weighted by Crippen LogP contribution is 2.52. The molecule has 0 unspecified atom stereocenters. The molecule has 0 bridgehead atoms. The summed E-state index contributed by atoms with van der Waals surface area (Å²) in [5, 5.41) is 9.49. The van der Waals surface area contributed by atoms with Gasteiger partial charge < -0.3 is 14.0 Å². The van der Waals surface area contributed by atoms with Crippen molar-refractivity contribution in [2.75, 3.05) is 6.61 Å². The Bertz CT molecular complexity index is 1130. The molecule has 0 spiro atoms. The quantitative estimate of drug-likeness (QED) is 0.459. The first-order valence-electron chi connectivity index (χ1n) is 9.75. The van der Waals surface area contributed by atoms with E-state index in [4.69, 9.17) is 9.47 Å². The maximum atomic E-state index is 15.2. The van der Waals surface area contributed by atoms with Crippen molar-refractivity contribution in [1.29, 1.82) is 5.26 Å². The molecule has 1 aliphatic heterocycles. The van der Waals surface area contributed by atoms with Gasteiger partial charge in [0.05, 0.1) is 6.61 Å². The zero-order chi connectivity index (χ0) is 23.8. The van der Waals surface area contributed by atoms with Crippen molar-refractivity contribution in [3.05, 3.63) is 58.1 Å². The van der Waals surface area contributed by atoms with Gasteiger partial charge in [-0.3, -0.25) is 4.79 Å². The summed E-state index contributed by atoms with van der Waals surface area (Å²) in [5.74, 6) is -2.69. The summed E-state index contributed by atoms with van der Waals surface area (Å²) < 4.78 is 27.4. The number of nitriles is 1. The third-order valence-electron chi connectivity index (χ3n) is 4.88. The van der Waals surface area contributed by atoms with Crippen LogP contribution < -0.4 is 0 Å². The van der Waals surface area contributed by atoms with Crippen molar-refractivity contribution in [3.8, 4) is 6.07 Å². The van der Waals surface area contributed by atoms with Gasteiger partial charge in [0.25, 0.3) is 5.91 Å². The summed E-state index contributed by atoms with van der Waals surface area (Å²) >= 11 is 3.25. The molecule has 3 rings (SSSR count). The van der Waals surface area contributed by atoms with Crippen LogP contribution in [0.3, 0.4) is 0 Å². The highest BCUT2D eigenvalue weighted by molar-refractivity contribution is 9.10. The lowest BCUT2D eigenvalue weighted by atomic mass is 9.72. The fourth-order valence-corrected chi connectivity index (χ4v) is 4.08. The average molecular weight is 506 g/mol. The molecule has 0 radical (unpaired) electrons. The molecular formula is C22H21BrFN3O5. The van der Waals surface area contributed by atoms with Crippen molar-refractivity contribution >= 4 is 33.9 Å². The number of rotatable bonds is 4. The smallest absolute Gasteiger partial charge is 0.418 e. The lowest BCUT2D eigenvalue weighted by Crippen LogP contribution is -2.74. The van der Waals surface area contributed by atoms with Crippen molar-refractivity contribution < 1.29 is 28.2 Å². The van der Waals surface area contributed by atoms with Crippen LogP contribution in [-0.2, 0) is 24.6 Å². The summed E-state index contributed by atoms with van der Waals surface area (Å²) in [6.07, 6.45) is 0.286.